The number of benzene rings is 1. The minimum absolute atomic E-state index is 0.0285. The number of hydrogen-bond donors (Lipinski definition) is 7. The Morgan fingerprint density at radius 3 is 2.11 bits per heavy atom. The number of unbranched alkanes of at least 4 members (excludes halogenated alkanes) is 1. The summed E-state index contributed by atoms with van der Waals surface area (Å²) in [5.41, 5.74) is 0.809. The maximum Gasteiger partial charge on any atom is 0.408 e. The van der Waals surface area contributed by atoms with Crippen LogP contribution >= 0.6 is 38.4 Å². The Hall–Kier alpha value is -1.93. The van der Waals surface area contributed by atoms with Gasteiger partial charge in [-0.1, -0.05) is 12.1 Å². The highest BCUT2D eigenvalue weighted by Crippen LogP contribution is 2.69. The second-order valence-electron chi connectivity index (χ2n) is 12.2. The van der Waals surface area contributed by atoms with E-state index in [0.29, 0.717) is 37.7 Å². The summed E-state index contributed by atoms with van der Waals surface area (Å²) in [5, 5.41) is 11.8. The number of likely N-dealkylation sites (tertiary alicyclic amines) is 1. The average molecular weight is 748 g/mol. The Balaban J connectivity index is 2.13. The average Bonchev–Trinajstić information content (AvgIpc) is 3.44. The highest BCUT2D eigenvalue weighted by atomic mass is 35.5. The fourth-order valence-corrected chi connectivity index (χ4v) is 7.75. The van der Waals surface area contributed by atoms with Gasteiger partial charge in [0.05, 0.1) is 0 Å². The van der Waals surface area contributed by atoms with Gasteiger partial charge in [0.2, 0.25) is 11.8 Å². The van der Waals surface area contributed by atoms with Crippen LogP contribution < -0.4 is 15.5 Å². The Bertz CT molecular complexity index is 1280. The maximum absolute atomic E-state index is 13.8. The third-order valence-electron chi connectivity index (χ3n) is 7.45. The Morgan fingerprint density at radius 1 is 1.02 bits per heavy atom. The van der Waals surface area contributed by atoms with Crippen LogP contribution in [0.1, 0.15) is 58.4 Å². The first-order chi connectivity index (χ1) is 21.7. The molecule has 0 bridgehead atoms. The molecule has 1 saturated heterocycles. The number of carbonyl (C=O) groups excluding carboxylic acids is 3. The number of nitrogens with one attached hydrogen (secondary N) is 2. The van der Waals surface area contributed by atoms with Crippen molar-refractivity contribution in [1.29, 1.82) is 0 Å². The van der Waals surface area contributed by atoms with Gasteiger partial charge in [0.25, 0.3) is 5.08 Å². The lowest BCUT2D eigenvalue weighted by Gasteiger charge is -2.30. The zero-order chi connectivity index (χ0) is 35.6. The lowest BCUT2D eigenvalue weighted by atomic mass is 10.0. The van der Waals surface area contributed by atoms with Crippen LogP contribution in [0.25, 0.3) is 0 Å². The van der Waals surface area contributed by atoms with E-state index in [-0.39, 0.29) is 32.4 Å². The predicted molar refractivity (Wildman–Crippen MR) is 178 cm³/mol. The van der Waals surface area contributed by atoms with Crippen molar-refractivity contribution in [2.45, 2.75) is 82.1 Å². The molecule has 19 heteroatoms. The first-order valence-corrected chi connectivity index (χ1v) is 19.4. The van der Waals surface area contributed by atoms with Gasteiger partial charge in [-0.3, -0.25) is 18.7 Å². The zero-order valence-electron chi connectivity index (χ0n) is 26.7. The van der Waals surface area contributed by atoms with Crippen molar-refractivity contribution in [3.63, 3.8) is 0 Å². The number of hydrogen-bond acceptors (Lipinski definition) is 8. The molecule has 15 nitrogen and oxygen atoms in total. The lowest BCUT2D eigenvalue weighted by Crippen LogP contribution is -2.54. The van der Waals surface area contributed by atoms with Crippen molar-refractivity contribution in [3.8, 4) is 0 Å². The summed E-state index contributed by atoms with van der Waals surface area (Å²) < 4.78 is 28.5. The Kier molecular flexibility index (Phi) is 15.5. The van der Waals surface area contributed by atoms with Crippen LogP contribution in [0, 0.1) is 0 Å². The molecule has 0 unspecified atom stereocenters. The minimum atomic E-state index is -5.57. The molecule has 0 aliphatic carbocycles. The summed E-state index contributed by atoms with van der Waals surface area (Å²) in [6, 6.07) is 5.47. The maximum atomic E-state index is 13.8. The first-order valence-electron chi connectivity index (χ1n) is 15.1. The number of rotatable bonds is 17. The number of carbonyl (C=O) groups is 3. The summed E-state index contributed by atoms with van der Waals surface area (Å²) >= 11 is 11.9. The molecule has 7 N–H and O–H groups in total. The van der Waals surface area contributed by atoms with Gasteiger partial charge in [-0.2, -0.15) is 0 Å². The third-order valence-corrected chi connectivity index (χ3v) is 11.7. The SMILES string of the molecule is CC(C)(C)OC(=O)N[C@@H](Cc1ccc(N(CCCl)CCCl)cc1)C(=O)N1CCC[C@H]1C(=O)NCCCCC(O)(P(=O)(O)O)P(=O)(O)O. The molecule has 3 amide bonds. The summed E-state index contributed by atoms with van der Waals surface area (Å²) in [4.78, 5) is 80.2. The second kappa shape index (κ2) is 17.6. The van der Waals surface area contributed by atoms with Gasteiger partial charge in [0, 0.05) is 50.0 Å². The molecule has 1 aromatic carbocycles. The van der Waals surface area contributed by atoms with E-state index in [9.17, 15) is 48.2 Å². The van der Waals surface area contributed by atoms with Crippen LogP contribution in [-0.2, 0) is 29.9 Å². The molecule has 0 saturated carbocycles. The van der Waals surface area contributed by atoms with Gasteiger partial charge < -0.3 is 49.9 Å². The third kappa shape index (κ3) is 12.2. The summed E-state index contributed by atoms with van der Waals surface area (Å²) in [6.07, 6.45) is -0.922. The number of ether oxygens (including phenoxy) is 1. The number of amides is 3. The van der Waals surface area contributed by atoms with E-state index in [1.165, 1.54) is 4.90 Å². The molecule has 1 heterocycles. The van der Waals surface area contributed by atoms with Crippen molar-refractivity contribution in [3.05, 3.63) is 29.8 Å². The van der Waals surface area contributed by atoms with Gasteiger partial charge in [0.1, 0.15) is 17.7 Å². The standard InChI is InChI=1S/C28H46Cl2N4O11P2/c1-27(2,3)45-26(37)32-22(19-20-8-10-21(11-9-20)33(17-13-29)18-14-30)25(36)34-16-6-7-23(34)24(35)31-15-5-4-12-28(38,46(39,40)41)47(42,43)44/h8-11,22-23,38H,4-7,12-19H2,1-3H3,(H,31,35)(H,32,37)(H2,39,40,41)(H2,42,43,44)/t22-,23-/m0/s1. The number of aliphatic hydroxyl groups is 1. The van der Waals surface area contributed by atoms with Crippen LogP contribution in [0.5, 0.6) is 0 Å². The fraction of sp³-hybridized carbons (Fsp3) is 0.679. The lowest BCUT2D eigenvalue weighted by molar-refractivity contribution is -0.140. The Labute approximate surface area is 284 Å². The number of nitrogens with zero attached hydrogens (tertiary/aromatic N) is 2. The van der Waals surface area contributed by atoms with E-state index in [4.69, 9.17) is 27.9 Å². The molecule has 2 atom stereocenters. The summed E-state index contributed by atoms with van der Waals surface area (Å²) in [5.74, 6) is -0.168. The first kappa shape index (κ1) is 41.2. The number of alkyl halides is 2. The molecule has 268 valence electrons. The molecule has 0 aromatic heterocycles. The molecule has 1 fully saturated rings. The quantitative estimate of drug-likeness (QED) is 0.0694. The van der Waals surface area contributed by atoms with Gasteiger partial charge in [0.15, 0.2) is 0 Å². The molecule has 0 spiro atoms. The van der Waals surface area contributed by atoms with Gasteiger partial charge >= 0.3 is 21.3 Å². The topological polar surface area (TPSA) is 226 Å². The predicted octanol–water partition coefficient (Wildman–Crippen LogP) is 2.69. The van der Waals surface area contributed by atoms with Gasteiger partial charge in [-0.25, -0.2) is 4.79 Å². The van der Waals surface area contributed by atoms with Crippen LogP contribution in [-0.4, -0.2) is 108 Å². The largest absolute Gasteiger partial charge is 0.444 e. The van der Waals surface area contributed by atoms with Crippen molar-refractivity contribution < 1.29 is 52.9 Å². The van der Waals surface area contributed by atoms with Crippen LogP contribution in [0.4, 0.5) is 10.5 Å². The smallest absolute Gasteiger partial charge is 0.408 e. The minimum Gasteiger partial charge on any atom is -0.444 e. The summed E-state index contributed by atoms with van der Waals surface area (Å²) in [6.45, 7) is 6.46. The molecule has 47 heavy (non-hydrogen) atoms. The van der Waals surface area contributed by atoms with Crippen molar-refractivity contribution >= 4 is 62.0 Å². The highest BCUT2D eigenvalue weighted by Gasteiger charge is 2.58. The van der Waals surface area contributed by atoms with Crippen LogP contribution in [0.3, 0.4) is 0 Å². The van der Waals surface area contributed by atoms with E-state index < -0.39 is 62.3 Å². The molecular formula is C28H46Cl2N4O11P2. The molecule has 1 aliphatic heterocycles. The second-order valence-corrected chi connectivity index (χ2v) is 17.0. The molecule has 1 aromatic rings. The van der Waals surface area contributed by atoms with Crippen molar-refractivity contribution in [1.82, 2.24) is 15.5 Å². The number of alkyl carbamates (subject to hydrolysis) is 1. The van der Waals surface area contributed by atoms with E-state index >= 15 is 0 Å². The molecule has 0 radical (unpaired) electrons. The van der Waals surface area contributed by atoms with Gasteiger partial charge in [-0.15, -0.1) is 23.2 Å². The van der Waals surface area contributed by atoms with Crippen molar-refractivity contribution in [2.75, 3.05) is 42.8 Å². The van der Waals surface area contributed by atoms with E-state index in [0.717, 1.165) is 11.3 Å². The monoisotopic (exact) mass is 746 g/mol. The molecule has 1 aliphatic rings. The molecular weight excluding hydrogens is 701 g/mol. The van der Waals surface area contributed by atoms with Crippen LogP contribution in [0.15, 0.2) is 24.3 Å². The van der Waals surface area contributed by atoms with Crippen molar-refractivity contribution in [2.24, 2.45) is 0 Å². The zero-order valence-corrected chi connectivity index (χ0v) is 30.0. The van der Waals surface area contributed by atoms with E-state index in [2.05, 4.69) is 10.6 Å². The van der Waals surface area contributed by atoms with Gasteiger partial charge in [-0.05, 0) is 70.6 Å². The number of halogens is 2. The van der Waals surface area contributed by atoms with E-state index in [1.54, 1.807) is 20.8 Å². The fourth-order valence-electron chi connectivity index (χ4n) is 5.08. The van der Waals surface area contributed by atoms with E-state index in [1.807, 2.05) is 29.2 Å². The number of anilines is 1. The normalized spacial score (nSPS) is 16.5. The summed E-state index contributed by atoms with van der Waals surface area (Å²) in [7, 11) is -11.1. The highest BCUT2D eigenvalue weighted by molar-refractivity contribution is 7.72. The van der Waals surface area contributed by atoms with Crippen LogP contribution in [0.2, 0.25) is 0 Å². The molecule has 2 rings (SSSR count). The Morgan fingerprint density at radius 2 is 1.60 bits per heavy atom.